The third kappa shape index (κ3) is 4.32. The molecule has 6 rings (SSSR count). The predicted octanol–water partition coefficient (Wildman–Crippen LogP) is 4.15. The first kappa shape index (κ1) is 25.8. The van der Waals surface area contributed by atoms with Crippen LogP contribution in [0, 0.1) is 23.0 Å². The van der Waals surface area contributed by atoms with Crippen molar-refractivity contribution in [2.45, 2.75) is 29.7 Å². The fraction of sp³-hybridized carbons (Fsp3) is 0.185. The first-order chi connectivity index (χ1) is 19.2. The minimum absolute atomic E-state index is 0.168. The van der Waals surface area contributed by atoms with Crippen LogP contribution >= 0.6 is 23.1 Å². The quantitative estimate of drug-likeness (QED) is 0.205. The molecular formula is C27H20N4O7S2. The number of nitro groups is 1. The molecule has 0 radical (unpaired) electrons. The Morgan fingerprint density at radius 3 is 2.42 bits per heavy atom. The van der Waals surface area contributed by atoms with Crippen molar-refractivity contribution in [1.29, 1.82) is 0 Å². The number of amides is 3. The van der Waals surface area contributed by atoms with Crippen LogP contribution in [0.5, 0.6) is 0 Å². The summed E-state index contributed by atoms with van der Waals surface area (Å²) in [6.45, 7) is 1.66. The molecule has 4 heterocycles. The lowest BCUT2D eigenvalue weighted by atomic mass is 9.87. The number of hydrogen-bond donors (Lipinski definition) is 1. The van der Waals surface area contributed by atoms with Crippen LogP contribution in [0.15, 0.2) is 81.2 Å². The van der Waals surface area contributed by atoms with Crippen molar-refractivity contribution in [3.05, 3.63) is 103 Å². The van der Waals surface area contributed by atoms with E-state index in [-0.39, 0.29) is 22.8 Å². The molecule has 0 spiro atoms. The van der Waals surface area contributed by atoms with E-state index in [9.17, 15) is 29.3 Å². The van der Waals surface area contributed by atoms with Crippen molar-refractivity contribution in [3.63, 3.8) is 0 Å². The molecule has 1 saturated heterocycles. The maximum absolute atomic E-state index is 13.8. The minimum Gasteiger partial charge on any atom is -0.469 e. The van der Waals surface area contributed by atoms with Crippen LogP contribution in [0.1, 0.15) is 22.1 Å². The van der Waals surface area contributed by atoms with Crippen molar-refractivity contribution in [1.82, 2.24) is 4.57 Å². The molecule has 11 nitrogen and oxygen atoms in total. The number of benzene rings is 2. The highest BCUT2D eigenvalue weighted by Crippen LogP contribution is 2.54. The Morgan fingerprint density at radius 2 is 1.77 bits per heavy atom. The van der Waals surface area contributed by atoms with Crippen LogP contribution in [-0.4, -0.2) is 32.5 Å². The largest absolute Gasteiger partial charge is 0.469 e. The number of nitrogens with one attached hydrogen (secondary N) is 1. The zero-order valence-electron chi connectivity index (χ0n) is 20.8. The van der Waals surface area contributed by atoms with Gasteiger partial charge in [0.05, 0.1) is 38.6 Å². The standard InChI is InChI=1S/C27H20N4O7S2/c1-14-4-6-15(7-5-14)28-19(32)13-29-26-23(40-27(29)35)20(18-3-2-12-38-18)21-22(39-26)25(34)30(24(21)33)16-8-10-17(11-9-16)31(36)37/h2-12,20-22H,13H2,1H3,(H,28,32)/t20-,21-,22+/m0/s1. The molecule has 40 heavy (non-hydrogen) atoms. The van der Waals surface area contributed by atoms with Crippen LogP contribution in [0.3, 0.4) is 0 Å². The van der Waals surface area contributed by atoms with Gasteiger partial charge in [0.25, 0.3) is 5.69 Å². The number of fused-ring (bicyclic) bond motifs is 2. The molecule has 4 aromatic rings. The summed E-state index contributed by atoms with van der Waals surface area (Å²) < 4.78 is 7.00. The minimum atomic E-state index is -0.897. The topological polar surface area (TPSA) is 145 Å². The zero-order chi connectivity index (χ0) is 28.1. The second-order valence-electron chi connectivity index (χ2n) is 9.38. The summed E-state index contributed by atoms with van der Waals surface area (Å²) in [5.41, 5.74) is 1.67. The van der Waals surface area contributed by atoms with Gasteiger partial charge in [0.15, 0.2) is 0 Å². The number of anilines is 2. The van der Waals surface area contributed by atoms with E-state index in [0.717, 1.165) is 33.6 Å². The van der Waals surface area contributed by atoms with Gasteiger partial charge in [-0.2, -0.15) is 0 Å². The lowest BCUT2D eigenvalue weighted by molar-refractivity contribution is -0.384. The molecule has 2 aliphatic heterocycles. The molecule has 2 aromatic carbocycles. The van der Waals surface area contributed by atoms with Crippen molar-refractivity contribution >= 4 is 57.9 Å². The highest BCUT2D eigenvalue weighted by molar-refractivity contribution is 8.00. The third-order valence-electron chi connectivity index (χ3n) is 6.85. The fourth-order valence-corrected chi connectivity index (χ4v) is 7.74. The van der Waals surface area contributed by atoms with Gasteiger partial charge in [-0.3, -0.25) is 33.9 Å². The number of non-ortho nitro benzene ring substituents is 1. The molecule has 3 atom stereocenters. The van der Waals surface area contributed by atoms with Crippen LogP contribution < -0.4 is 15.1 Å². The maximum atomic E-state index is 13.8. The molecule has 3 amide bonds. The van der Waals surface area contributed by atoms with Crippen molar-refractivity contribution in [2.24, 2.45) is 5.92 Å². The van der Waals surface area contributed by atoms with E-state index in [4.69, 9.17) is 4.42 Å². The molecule has 0 saturated carbocycles. The number of thioether (sulfide) groups is 1. The van der Waals surface area contributed by atoms with Gasteiger partial charge < -0.3 is 9.73 Å². The Hall–Kier alpha value is -4.49. The second-order valence-corrected chi connectivity index (χ2v) is 11.5. The highest BCUT2D eigenvalue weighted by atomic mass is 32.2. The monoisotopic (exact) mass is 576 g/mol. The van der Waals surface area contributed by atoms with Gasteiger partial charge in [0, 0.05) is 17.8 Å². The van der Waals surface area contributed by atoms with Crippen LogP contribution in [0.25, 0.3) is 0 Å². The highest BCUT2D eigenvalue weighted by Gasteiger charge is 2.57. The predicted molar refractivity (Wildman–Crippen MR) is 148 cm³/mol. The van der Waals surface area contributed by atoms with Gasteiger partial charge in [-0.05, 0) is 43.3 Å². The lowest BCUT2D eigenvalue weighted by Crippen LogP contribution is -2.32. The summed E-state index contributed by atoms with van der Waals surface area (Å²) in [6, 6.07) is 15.8. The van der Waals surface area contributed by atoms with Gasteiger partial charge in [-0.25, -0.2) is 4.90 Å². The summed E-state index contributed by atoms with van der Waals surface area (Å²) in [4.78, 5) is 65.1. The number of imide groups is 1. The summed E-state index contributed by atoms with van der Waals surface area (Å²) in [7, 11) is 0. The molecule has 0 unspecified atom stereocenters. The van der Waals surface area contributed by atoms with E-state index in [0.29, 0.717) is 21.4 Å². The molecular weight excluding hydrogens is 556 g/mol. The molecule has 2 aromatic heterocycles. The zero-order valence-corrected chi connectivity index (χ0v) is 22.4. The number of furan rings is 1. The van der Waals surface area contributed by atoms with Crippen LogP contribution in [0.4, 0.5) is 17.1 Å². The SMILES string of the molecule is Cc1ccc(NC(=O)Cn2c3c(sc2=O)[C@@H](c2ccco2)[C@@H]2C(=O)N(c4ccc([N+](=O)[O-])cc4)C(=O)[C@@H]2S3)cc1. The molecule has 1 fully saturated rings. The van der Waals surface area contributed by atoms with E-state index in [1.165, 1.54) is 35.1 Å². The van der Waals surface area contributed by atoms with E-state index in [1.54, 1.807) is 24.3 Å². The molecule has 1 N–H and O–H groups in total. The molecule has 202 valence electrons. The van der Waals surface area contributed by atoms with Crippen molar-refractivity contribution < 1.29 is 23.7 Å². The van der Waals surface area contributed by atoms with Gasteiger partial charge >= 0.3 is 4.87 Å². The number of nitrogens with zero attached hydrogens (tertiary/aromatic N) is 3. The van der Waals surface area contributed by atoms with Gasteiger partial charge in [0.2, 0.25) is 17.7 Å². The summed E-state index contributed by atoms with van der Waals surface area (Å²) in [6.07, 6.45) is 1.45. The van der Waals surface area contributed by atoms with E-state index >= 15 is 0 Å². The van der Waals surface area contributed by atoms with Gasteiger partial charge in [-0.15, -0.1) is 0 Å². The fourth-order valence-electron chi connectivity index (χ4n) is 4.99. The van der Waals surface area contributed by atoms with Crippen LogP contribution in [-0.2, 0) is 20.9 Å². The average Bonchev–Trinajstić information content (AvgIpc) is 3.63. The lowest BCUT2D eigenvalue weighted by Gasteiger charge is -2.29. The smallest absolute Gasteiger partial charge is 0.308 e. The molecule has 13 heteroatoms. The number of hydrogen-bond acceptors (Lipinski definition) is 9. The maximum Gasteiger partial charge on any atom is 0.308 e. The van der Waals surface area contributed by atoms with E-state index in [1.807, 2.05) is 19.1 Å². The molecule has 0 aliphatic carbocycles. The third-order valence-corrected chi connectivity index (χ3v) is 9.46. The number of rotatable bonds is 6. The van der Waals surface area contributed by atoms with Crippen LogP contribution in [0.2, 0.25) is 0 Å². The van der Waals surface area contributed by atoms with Crippen molar-refractivity contribution in [2.75, 3.05) is 10.2 Å². The van der Waals surface area contributed by atoms with Gasteiger partial charge in [-0.1, -0.05) is 40.8 Å². The number of thiazole rings is 1. The number of aromatic nitrogens is 1. The number of carbonyl (C=O) groups excluding carboxylic acids is 3. The first-order valence-corrected chi connectivity index (χ1v) is 13.8. The Kier molecular flexibility index (Phi) is 6.39. The Balaban J connectivity index is 1.36. The first-order valence-electron chi connectivity index (χ1n) is 12.2. The second kappa shape index (κ2) is 9.92. The summed E-state index contributed by atoms with van der Waals surface area (Å²) in [5.74, 6) is -2.60. The van der Waals surface area contributed by atoms with Gasteiger partial charge in [0.1, 0.15) is 17.6 Å². The summed E-state index contributed by atoms with van der Waals surface area (Å²) >= 11 is 1.99. The normalized spacial score (nSPS) is 19.8. The molecule has 2 aliphatic rings. The molecule has 0 bridgehead atoms. The van der Waals surface area contributed by atoms with E-state index < -0.39 is 39.7 Å². The number of aryl methyl sites for hydroxylation is 1. The number of nitro benzene ring substituents is 1. The van der Waals surface area contributed by atoms with Crippen molar-refractivity contribution in [3.8, 4) is 0 Å². The Morgan fingerprint density at radius 1 is 1.05 bits per heavy atom. The average molecular weight is 577 g/mol. The Labute approximate surface area is 234 Å². The Bertz CT molecular complexity index is 1710. The van der Waals surface area contributed by atoms with E-state index in [2.05, 4.69) is 5.32 Å². The summed E-state index contributed by atoms with van der Waals surface area (Å²) in [5, 5.41) is 13.4. The number of carbonyl (C=O) groups is 3.